The number of carbonyl (C=O) groups excluding carboxylic acids is 1. The highest BCUT2D eigenvalue weighted by Crippen LogP contribution is 2.05. The van der Waals surface area contributed by atoms with Crippen molar-refractivity contribution in [2.45, 2.75) is 18.9 Å². The van der Waals surface area contributed by atoms with Gasteiger partial charge in [-0.1, -0.05) is 0 Å². The van der Waals surface area contributed by atoms with Gasteiger partial charge in [0.25, 0.3) is 0 Å². The third-order valence-corrected chi connectivity index (χ3v) is 2.74. The van der Waals surface area contributed by atoms with Crippen LogP contribution in [0.4, 0.5) is 0 Å². The molecule has 0 aromatic rings. The average molecular weight is 229 g/mol. The van der Waals surface area contributed by atoms with E-state index in [-0.39, 0.29) is 5.91 Å². The van der Waals surface area contributed by atoms with Crippen molar-refractivity contribution in [3.8, 4) is 0 Å². The molecule has 1 aliphatic heterocycles. The Labute approximate surface area is 97.5 Å². The van der Waals surface area contributed by atoms with Crippen LogP contribution in [0.15, 0.2) is 0 Å². The van der Waals surface area contributed by atoms with E-state index in [0.29, 0.717) is 25.7 Å². The summed E-state index contributed by atoms with van der Waals surface area (Å²) in [6.07, 6.45) is 2.47. The van der Waals surface area contributed by atoms with Gasteiger partial charge in [0.05, 0.1) is 13.2 Å². The minimum Gasteiger partial charge on any atom is -0.383 e. The van der Waals surface area contributed by atoms with Gasteiger partial charge in [-0.15, -0.1) is 0 Å². The van der Waals surface area contributed by atoms with Gasteiger partial charge < -0.3 is 15.4 Å². The summed E-state index contributed by atoms with van der Waals surface area (Å²) in [5.74, 6) is 0.0672. The van der Waals surface area contributed by atoms with Crippen molar-refractivity contribution in [2.24, 2.45) is 0 Å². The molecule has 1 amide bonds. The number of nitrogens with zero attached hydrogens (tertiary/aromatic N) is 1. The number of ether oxygens (including phenoxy) is 1. The minimum absolute atomic E-state index is 0.0672. The zero-order chi connectivity index (χ0) is 11.8. The monoisotopic (exact) mass is 229 g/mol. The van der Waals surface area contributed by atoms with Gasteiger partial charge in [0, 0.05) is 26.2 Å². The van der Waals surface area contributed by atoms with Gasteiger partial charge in [0.15, 0.2) is 0 Å². The maximum absolute atomic E-state index is 11.5. The third-order valence-electron chi connectivity index (χ3n) is 2.74. The molecule has 94 valence electrons. The van der Waals surface area contributed by atoms with Gasteiger partial charge in [0.2, 0.25) is 5.91 Å². The second kappa shape index (κ2) is 7.60. The molecule has 1 saturated heterocycles. The summed E-state index contributed by atoms with van der Waals surface area (Å²) in [5.41, 5.74) is 0. The Morgan fingerprint density at radius 3 is 3.06 bits per heavy atom. The van der Waals surface area contributed by atoms with Crippen LogP contribution in [-0.4, -0.2) is 63.8 Å². The molecule has 0 spiro atoms. The number of hydrogen-bond acceptors (Lipinski definition) is 4. The topological polar surface area (TPSA) is 53.6 Å². The molecular weight excluding hydrogens is 206 g/mol. The number of amides is 1. The molecule has 1 aliphatic rings. The maximum atomic E-state index is 11.5. The number of likely N-dealkylation sites (N-methyl/N-ethyl adjacent to an activating group) is 1. The molecule has 0 radical (unpaired) electrons. The number of nitrogens with one attached hydrogen (secondary N) is 2. The zero-order valence-corrected chi connectivity index (χ0v) is 10.3. The van der Waals surface area contributed by atoms with Crippen LogP contribution in [0.3, 0.4) is 0 Å². The van der Waals surface area contributed by atoms with E-state index in [1.807, 2.05) is 7.05 Å². The molecule has 1 fully saturated rings. The molecule has 0 aliphatic carbocycles. The molecular formula is C11H23N3O2. The highest BCUT2D eigenvalue weighted by molar-refractivity contribution is 5.77. The van der Waals surface area contributed by atoms with E-state index in [1.165, 1.54) is 12.8 Å². The largest absolute Gasteiger partial charge is 0.383 e. The fourth-order valence-electron chi connectivity index (χ4n) is 1.95. The van der Waals surface area contributed by atoms with Gasteiger partial charge in [-0.25, -0.2) is 0 Å². The Morgan fingerprint density at radius 1 is 1.62 bits per heavy atom. The van der Waals surface area contributed by atoms with Crippen molar-refractivity contribution in [1.29, 1.82) is 0 Å². The molecule has 0 aromatic heterocycles. The van der Waals surface area contributed by atoms with E-state index in [0.717, 1.165) is 13.1 Å². The second-order valence-corrected chi connectivity index (χ2v) is 4.33. The first-order valence-corrected chi connectivity index (χ1v) is 5.90. The summed E-state index contributed by atoms with van der Waals surface area (Å²) < 4.78 is 4.87. The Kier molecular flexibility index (Phi) is 6.37. The van der Waals surface area contributed by atoms with E-state index < -0.39 is 0 Å². The van der Waals surface area contributed by atoms with Gasteiger partial charge in [-0.05, 0) is 26.4 Å². The predicted octanol–water partition coefficient (Wildman–Crippen LogP) is -0.567. The van der Waals surface area contributed by atoms with Crippen LogP contribution >= 0.6 is 0 Å². The minimum atomic E-state index is 0.0672. The molecule has 16 heavy (non-hydrogen) atoms. The summed E-state index contributed by atoms with van der Waals surface area (Å²) in [6, 6.07) is 0.553. The zero-order valence-electron chi connectivity index (χ0n) is 10.3. The third kappa shape index (κ3) is 5.44. The van der Waals surface area contributed by atoms with Crippen LogP contribution in [0.25, 0.3) is 0 Å². The predicted molar refractivity (Wildman–Crippen MR) is 63.4 cm³/mol. The van der Waals surface area contributed by atoms with Crippen LogP contribution in [0.1, 0.15) is 12.8 Å². The quantitative estimate of drug-likeness (QED) is 0.574. The van der Waals surface area contributed by atoms with E-state index in [2.05, 4.69) is 15.5 Å². The lowest BCUT2D eigenvalue weighted by atomic mass is 10.2. The molecule has 0 saturated carbocycles. The van der Waals surface area contributed by atoms with E-state index in [9.17, 15) is 4.79 Å². The fourth-order valence-corrected chi connectivity index (χ4v) is 1.95. The molecule has 2 N–H and O–H groups in total. The molecule has 0 unspecified atom stereocenters. The number of rotatable bonds is 7. The highest BCUT2D eigenvalue weighted by Gasteiger charge is 2.16. The van der Waals surface area contributed by atoms with Crippen LogP contribution in [0, 0.1) is 0 Å². The SMILES string of the molecule is COCCNC(=O)CN(C)C[C@@H]1CCCN1. The Morgan fingerprint density at radius 2 is 2.44 bits per heavy atom. The van der Waals surface area contributed by atoms with Gasteiger partial charge in [0.1, 0.15) is 0 Å². The van der Waals surface area contributed by atoms with E-state index in [4.69, 9.17) is 4.74 Å². The summed E-state index contributed by atoms with van der Waals surface area (Å²) in [5, 5.41) is 6.23. The summed E-state index contributed by atoms with van der Waals surface area (Å²) in [4.78, 5) is 13.5. The van der Waals surface area contributed by atoms with Crippen molar-refractivity contribution in [3.63, 3.8) is 0 Å². The lowest BCUT2D eigenvalue weighted by Crippen LogP contribution is -2.41. The van der Waals surface area contributed by atoms with Crippen LogP contribution in [0.5, 0.6) is 0 Å². The first kappa shape index (κ1) is 13.4. The summed E-state index contributed by atoms with van der Waals surface area (Å²) >= 11 is 0. The molecule has 1 rings (SSSR count). The number of carbonyl (C=O) groups is 1. The smallest absolute Gasteiger partial charge is 0.234 e. The number of hydrogen-bond donors (Lipinski definition) is 2. The summed E-state index contributed by atoms with van der Waals surface area (Å²) in [7, 11) is 3.61. The van der Waals surface area contributed by atoms with E-state index in [1.54, 1.807) is 7.11 Å². The van der Waals surface area contributed by atoms with Crippen molar-refractivity contribution >= 4 is 5.91 Å². The molecule has 0 bridgehead atoms. The fraction of sp³-hybridized carbons (Fsp3) is 0.909. The molecule has 5 nitrogen and oxygen atoms in total. The van der Waals surface area contributed by atoms with E-state index >= 15 is 0 Å². The summed E-state index contributed by atoms with van der Waals surface area (Å²) in [6.45, 7) is 3.67. The molecule has 1 atom stereocenters. The van der Waals surface area contributed by atoms with Crippen LogP contribution in [0.2, 0.25) is 0 Å². The van der Waals surface area contributed by atoms with Gasteiger partial charge in [-0.3, -0.25) is 9.69 Å². The number of methoxy groups -OCH3 is 1. The Hall–Kier alpha value is -0.650. The molecule has 0 aromatic carbocycles. The normalized spacial score (nSPS) is 20.3. The Bertz CT molecular complexity index is 205. The Balaban J connectivity index is 2.07. The van der Waals surface area contributed by atoms with Crippen LogP contribution in [-0.2, 0) is 9.53 Å². The lowest BCUT2D eigenvalue weighted by Gasteiger charge is -2.20. The maximum Gasteiger partial charge on any atom is 0.234 e. The van der Waals surface area contributed by atoms with Crippen molar-refractivity contribution in [3.05, 3.63) is 0 Å². The van der Waals surface area contributed by atoms with Crippen LogP contribution < -0.4 is 10.6 Å². The first-order chi connectivity index (χ1) is 7.72. The van der Waals surface area contributed by atoms with Crippen molar-refractivity contribution in [2.75, 3.05) is 46.9 Å². The first-order valence-electron chi connectivity index (χ1n) is 5.90. The van der Waals surface area contributed by atoms with Crippen molar-refractivity contribution in [1.82, 2.24) is 15.5 Å². The highest BCUT2D eigenvalue weighted by atomic mass is 16.5. The van der Waals surface area contributed by atoms with Crippen molar-refractivity contribution < 1.29 is 9.53 Å². The average Bonchev–Trinajstić information content (AvgIpc) is 2.70. The standard InChI is InChI=1S/C11H23N3O2/c1-14(8-10-4-3-5-12-10)9-11(15)13-6-7-16-2/h10,12H,3-9H2,1-2H3,(H,13,15)/t10-/m0/s1. The van der Waals surface area contributed by atoms with Gasteiger partial charge >= 0.3 is 0 Å². The molecule has 1 heterocycles. The lowest BCUT2D eigenvalue weighted by molar-refractivity contribution is -0.122. The molecule has 5 heteroatoms. The second-order valence-electron chi connectivity index (χ2n) is 4.33. The van der Waals surface area contributed by atoms with Gasteiger partial charge in [-0.2, -0.15) is 0 Å².